The summed E-state index contributed by atoms with van der Waals surface area (Å²) in [5, 5.41) is 4.07. The fourth-order valence-corrected chi connectivity index (χ4v) is 2.91. The summed E-state index contributed by atoms with van der Waals surface area (Å²) < 4.78 is 17.0. The molecule has 0 bridgehead atoms. The number of aromatic nitrogens is 2. The molecule has 1 heterocycles. The first kappa shape index (κ1) is 19.2. The Labute approximate surface area is 164 Å². The highest BCUT2D eigenvalue weighted by atomic mass is 35.5. The molecule has 1 saturated carbocycles. The van der Waals surface area contributed by atoms with Gasteiger partial charge in [-0.05, 0) is 43.5 Å². The predicted molar refractivity (Wildman–Crippen MR) is 104 cm³/mol. The number of halogens is 1. The van der Waals surface area contributed by atoms with Crippen molar-refractivity contribution in [3.63, 3.8) is 0 Å². The summed E-state index contributed by atoms with van der Waals surface area (Å²) in [6, 6.07) is 17.2. The Morgan fingerprint density at radius 1 is 0.963 bits per heavy atom. The standard InChI is InChI=1S/C20H21N3O3.ClH/c21-20(11-6-12-20)19-22-18(26-23-19)16-9-4-5-10-17(16)25-14-13-24-15-7-2-1-3-8-15;/h1-5,7-10H,6,11-14,21H2;1H. The van der Waals surface area contributed by atoms with E-state index >= 15 is 0 Å². The van der Waals surface area contributed by atoms with Crippen LogP contribution in [0.4, 0.5) is 0 Å². The van der Waals surface area contributed by atoms with E-state index in [1.54, 1.807) is 0 Å². The lowest BCUT2D eigenvalue weighted by Crippen LogP contribution is -2.44. The molecule has 0 radical (unpaired) electrons. The van der Waals surface area contributed by atoms with Crippen molar-refractivity contribution in [3.05, 3.63) is 60.4 Å². The molecule has 0 saturated heterocycles. The number of nitrogens with zero attached hydrogens (tertiary/aromatic N) is 2. The number of nitrogens with two attached hydrogens (primary N) is 1. The third kappa shape index (κ3) is 4.23. The Balaban J connectivity index is 0.00000210. The molecular weight excluding hydrogens is 366 g/mol. The molecule has 1 aliphatic rings. The van der Waals surface area contributed by atoms with E-state index in [1.165, 1.54) is 0 Å². The van der Waals surface area contributed by atoms with Gasteiger partial charge in [0, 0.05) is 0 Å². The van der Waals surface area contributed by atoms with Crippen molar-refractivity contribution in [1.29, 1.82) is 0 Å². The van der Waals surface area contributed by atoms with Gasteiger partial charge < -0.3 is 19.7 Å². The molecule has 4 rings (SSSR count). The number of para-hydroxylation sites is 2. The molecular formula is C20H22ClN3O3. The fourth-order valence-electron chi connectivity index (χ4n) is 2.91. The van der Waals surface area contributed by atoms with Gasteiger partial charge in [-0.25, -0.2) is 0 Å². The van der Waals surface area contributed by atoms with Gasteiger partial charge in [0.25, 0.3) is 5.89 Å². The van der Waals surface area contributed by atoms with Crippen molar-refractivity contribution in [1.82, 2.24) is 10.1 Å². The topological polar surface area (TPSA) is 83.4 Å². The van der Waals surface area contributed by atoms with E-state index in [1.807, 2.05) is 54.6 Å². The summed E-state index contributed by atoms with van der Waals surface area (Å²) in [5.41, 5.74) is 6.59. The molecule has 0 aliphatic heterocycles. The molecule has 6 nitrogen and oxygen atoms in total. The van der Waals surface area contributed by atoms with Gasteiger partial charge in [-0.15, -0.1) is 12.4 Å². The minimum atomic E-state index is -0.443. The van der Waals surface area contributed by atoms with Crippen LogP contribution in [0.3, 0.4) is 0 Å². The van der Waals surface area contributed by atoms with E-state index in [4.69, 9.17) is 19.7 Å². The Hall–Kier alpha value is -2.57. The normalized spacial score (nSPS) is 14.7. The molecule has 0 spiro atoms. The van der Waals surface area contributed by atoms with Crippen molar-refractivity contribution in [2.75, 3.05) is 13.2 Å². The summed E-state index contributed by atoms with van der Waals surface area (Å²) in [6.45, 7) is 0.854. The summed E-state index contributed by atoms with van der Waals surface area (Å²) in [6.07, 6.45) is 2.88. The van der Waals surface area contributed by atoms with Crippen LogP contribution in [0.25, 0.3) is 11.5 Å². The highest BCUT2D eigenvalue weighted by Gasteiger charge is 2.39. The van der Waals surface area contributed by atoms with E-state index in [0.29, 0.717) is 30.7 Å². The maximum atomic E-state index is 6.27. The van der Waals surface area contributed by atoms with Gasteiger partial charge >= 0.3 is 0 Å². The van der Waals surface area contributed by atoms with Gasteiger partial charge in [0.2, 0.25) is 0 Å². The van der Waals surface area contributed by atoms with Gasteiger partial charge in [0.15, 0.2) is 5.82 Å². The molecule has 2 N–H and O–H groups in total. The second-order valence-corrected chi connectivity index (χ2v) is 6.44. The monoisotopic (exact) mass is 387 g/mol. The molecule has 7 heteroatoms. The van der Waals surface area contributed by atoms with Crippen LogP contribution in [0.5, 0.6) is 11.5 Å². The summed E-state index contributed by atoms with van der Waals surface area (Å²) in [4.78, 5) is 4.50. The summed E-state index contributed by atoms with van der Waals surface area (Å²) in [7, 11) is 0. The predicted octanol–water partition coefficient (Wildman–Crippen LogP) is 3.95. The van der Waals surface area contributed by atoms with Crippen molar-refractivity contribution in [2.45, 2.75) is 24.8 Å². The Morgan fingerprint density at radius 2 is 1.67 bits per heavy atom. The lowest BCUT2D eigenvalue weighted by Gasteiger charge is -2.34. The van der Waals surface area contributed by atoms with Crippen LogP contribution in [0.1, 0.15) is 25.1 Å². The molecule has 1 fully saturated rings. The highest BCUT2D eigenvalue weighted by molar-refractivity contribution is 5.85. The first-order chi connectivity index (χ1) is 12.7. The third-order valence-electron chi connectivity index (χ3n) is 4.59. The Bertz CT molecular complexity index is 866. The van der Waals surface area contributed by atoms with E-state index in [-0.39, 0.29) is 12.4 Å². The number of benzene rings is 2. The SMILES string of the molecule is Cl.NC1(c2noc(-c3ccccc3OCCOc3ccccc3)n2)CCC1. The van der Waals surface area contributed by atoms with Crippen LogP contribution in [0.2, 0.25) is 0 Å². The van der Waals surface area contributed by atoms with E-state index < -0.39 is 5.54 Å². The van der Waals surface area contributed by atoms with Crippen molar-refractivity contribution >= 4 is 12.4 Å². The van der Waals surface area contributed by atoms with E-state index in [0.717, 1.165) is 30.6 Å². The molecule has 0 amide bonds. The number of rotatable bonds is 7. The van der Waals surface area contributed by atoms with Gasteiger partial charge in [-0.3, -0.25) is 0 Å². The van der Waals surface area contributed by atoms with Gasteiger partial charge in [-0.2, -0.15) is 4.98 Å². The smallest absolute Gasteiger partial charge is 0.261 e. The summed E-state index contributed by atoms with van der Waals surface area (Å²) in [5.74, 6) is 2.50. The van der Waals surface area contributed by atoms with E-state index in [2.05, 4.69) is 10.1 Å². The molecule has 2 aromatic carbocycles. The van der Waals surface area contributed by atoms with Crippen LogP contribution >= 0.6 is 12.4 Å². The Morgan fingerprint density at radius 3 is 2.41 bits per heavy atom. The molecule has 3 aromatic rings. The van der Waals surface area contributed by atoms with Gasteiger partial charge in [0.1, 0.15) is 24.7 Å². The molecule has 1 aliphatic carbocycles. The lowest BCUT2D eigenvalue weighted by atomic mass is 9.77. The Kier molecular flexibility index (Phi) is 5.98. The number of hydrogen-bond acceptors (Lipinski definition) is 6. The zero-order valence-corrected chi connectivity index (χ0v) is 15.7. The quantitative estimate of drug-likeness (QED) is 0.618. The van der Waals surface area contributed by atoms with Crippen molar-refractivity contribution < 1.29 is 14.0 Å². The van der Waals surface area contributed by atoms with Crippen LogP contribution in [-0.2, 0) is 5.54 Å². The molecule has 0 atom stereocenters. The third-order valence-corrected chi connectivity index (χ3v) is 4.59. The van der Waals surface area contributed by atoms with Crippen LogP contribution in [0.15, 0.2) is 59.1 Å². The highest BCUT2D eigenvalue weighted by Crippen LogP contribution is 2.38. The lowest BCUT2D eigenvalue weighted by molar-refractivity contribution is 0.217. The average Bonchev–Trinajstić information content (AvgIpc) is 3.15. The second kappa shape index (κ2) is 8.41. The maximum Gasteiger partial charge on any atom is 0.261 e. The number of ether oxygens (including phenoxy) is 2. The zero-order chi connectivity index (χ0) is 17.8. The van der Waals surface area contributed by atoms with Crippen LogP contribution in [0, 0.1) is 0 Å². The second-order valence-electron chi connectivity index (χ2n) is 6.44. The number of hydrogen-bond donors (Lipinski definition) is 1. The first-order valence-electron chi connectivity index (χ1n) is 8.78. The molecule has 0 unspecified atom stereocenters. The minimum Gasteiger partial charge on any atom is -0.490 e. The van der Waals surface area contributed by atoms with Crippen molar-refractivity contribution in [3.8, 4) is 23.0 Å². The molecule has 142 valence electrons. The van der Waals surface area contributed by atoms with Crippen LogP contribution < -0.4 is 15.2 Å². The molecule has 1 aromatic heterocycles. The minimum absolute atomic E-state index is 0. The average molecular weight is 388 g/mol. The van der Waals surface area contributed by atoms with Crippen LogP contribution in [-0.4, -0.2) is 23.4 Å². The van der Waals surface area contributed by atoms with Crippen molar-refractivity contribution in [2.24, 2.45) is 5.73 Å². The first-order valence-corrected chi connectivity index (χ1v) is 8.78. The largest absolute Gasteiger partial charge is 0.490 e. The molecule has 27 heavy (non-hydrogen) atoms. The fraction of sp³-hybridized carbons (Fsp3) is 0.300. The van der Waals surface area contributed by atoms with E-state index in [9.17, 15) is 0 Å². The summed E-state index contributed by atoms with van der Waals surface area (Å²) >= 11 is 0. The zero-order valence-electron chi connectivity index (χ0n) is 14.8. The van der Waals surface area contributed by atoms with Gasteiger partial charge in [0.05, 0.1) is 11.1 Å². The maximum absolute atomic E-state index is 6.27. The van der Waals surface area contributed by atoms with Gasteiger partial charge in [-0.1, -0.05) is 35.5 Å².